The molecular weight excluding hydrogens is 194 g/mol. The Morgan fingerprint density at radius 2 is 2.40 bits per heavy atom. The summed E-state index contributed by atoms with van der Waals surface area (Å²) in [6, 6.07) is 2.71. The molecular formula is C10H13N3O2. The lowest BCUT2D eigenvalue weighted by atomic mass is 10.1. The first-order valence-corrected chi connectivity index (χ1v) is 4.48. The normalized spacial score (nSPS) is 12.1. The zero-order valence-corrected chi connectivity index (χ0v) is 8.26. The van der Waals surface area contributed by atoms with E-state index in [-0.39, 0.29) is 6.42 Å². The van der Waals surface area contributed by atoms with Crippen LogP contribution in [0.25, 0.3) is 0 Å². The van der Waals surface area contributed by atoms with E-state index >= 15 is 0 Å². The number of aliphatic imine (C=N–C) groups is 1. The molecule has 1 heterocycles. The minimum atomic E-state index is -1.01. The van der Waals surface area contributed by atoms with Crippen molar-refractivity contribution in [2.24, 2.45) is 10.7 Å². The highest BCUT2D eigenvalue weighted by molar-refractivity contribution is 5.73. The molecule has 5 heteroatoms. The maximum absolute atomic E-state index is 10.5. The Kier molecular flexibility index (Phi) is 3.93. The molecule has 0 aromatic carbocycles. The molecule has 3 N–H and O–H groups in total. The maximum atomic E-state index is 10.5. The molecule has 0 aliphatic heterocycles. The number of hydrogen-bond acceptors (Lipinski definition) is 4. The van der Waals surface area contributed by atoms with E-state index < -0.39 is 12.0 Å². The van der Waals surface area contributed by atoms with Crippen LogP contribution in [0, 0.1) is 0 Å². The van der Waals surface area contributed by atoms with Crippen molar-refractivity contribution in [2.75, 3.05) is 0 Å². The fourth-order valence-corrected chi connectivity index (χ4v) is 1.13. The van der Waals surface area contributed by atoms with Crippen LogP contribution < -0.4 is 5.73 Å². The van der Waals surface area contributed by atoms with Crippen LogP contribution in [0.15, 0.2) is 23.3 Å². The summed E-state index contributed by atoms with van der Waals surface area (Å²) >= 11 is 0. The Labute approximate surface area is 87.7 Å². The number of carboxylic acid groups (broad SMARTS) is 1. The first-order chi connectivity index (χ1) is 7.13. The lowest BCUT2D eigenvalue weighted by molar-refractivity contribution is -0.138. The molecule has 1 aromatic heterocycles. The molecule has 0 fully saturated rings. The predicted octanol–water partition coefficient (Wildman–Crippen LogP) is 0.237. The van der Waals surface area contributed by atoms with E-state index in [0.29, 0.717) is 6.54 Å². The average Bonchev–Trinajstić information content (AvgIpc) is 2.21. The second-order valence-electron chi connectivity index (χ2n) is 3.19. The van der Waals surface area contributed by atoms with Crippen LogP contribution in [0.2, 0.25) is 0 Å². The van der Waals surface area contributed by atoms with Crippen molar-refractivity contribution < 1.29 is 9.90 Å². The van der Waals surface area contributed by atoms with Crippen LogP contribution in [-0.2, 0) is 17.8 Å². The minimum Gasteiger partial charge on any atom is -0.480 e. The van der Waals surface area contributed by atoms with E-state index in [9.17, 15) is 4.79 Å². The molecule has 0 saturated carbocycles. The van der Waals surface area contributed by atoms with E-state index in [2.05, 4.69) is 16.7 Å². The van der Waals surface area contributed by atoms with Crippen LogP contribution in [0.4, 0.5) is 0 Å². The molecule has 0 radical (unpaired) electrons. The van der Waals surface area contributed by atoms with Gasteiger partial charge < -0.3 is 10.8 Å². The SMILES string of the molecule is C=NCc1ccc(C[C@H](N)C(=O)O)cn1. The number of pyridine rings is 1. The predicted molar refractivity (Wildman–Crippen MR) is 56.8 cm³/mol. The van der Waals surface area contributed by atoms with E-state index in [1.54, 1.807) is 18.3 Å². The number of aromatic nitrogens is 1. The third-order valence-corrected chi connectivity index (χ3v) is 1.93. The number of carbonyl (C=O) groups is 1. The summed E-state index contributed by atoms with van der Waals surface area (Å²) < 4.78 is 0. The number of nitrogens with two attached hydrogens (primary N) is 1. The van der Waals surface area contributed by atoms with Crippen molar-refractivity contribution in [3.63, 3.8) is 0 Å². The van der Waals surface area contributed by atoms with Gasteiger partial charge in [0.1, 0.15) is 6.04 Å². The van der Waals surface area contributed by atoms with Crippen molar-refractivity contribution in [3.05, 3.63) is 29.6 Å². The highest BCUT2D eigenvalue weighted by atomic mass is 16.4. The van der Waals surface area contributed by atoms with Gasteiger partial charge in [-0.2, -0.15) is 0 Å². The summed E-state index contributed by atoms with van der Waals surface area (Å²) in [6.45, 7) is 3.83. The van der Waals surface area contributed by atoms with Crippen molar-refractivity contribution in [1.82, 2.24) is 4.98 Å². The number of hydrogen-bond donors (Lipinski definition) is 2. The molecule has 0 aliphatic carbocycles. The molecule has 0 unspecified atom stereocenters. The summed E-state index contributed by atoms with van der Waals surface area (Å²) in [5, 5.41) is 8.61. The van der Waals surface area contributed by atoms with E-state index in [1.165, 1.54) is 0 Å². The minimum absolute atomic E-state index is 0.282. The van der Waals surface area contributed by atoms with Gasteiger partial charge in [-0.05, 0) is 24.8 Å². The van der Waals surface area contributed by atoms with Crippen molar-refractivity contribution >= 4 is 12.7 Å². The highest BCUT2D eigenvalue weighted by Crippen LogP contribution is 2.04. The molecule has 1 atom stereocenters. The second-order valence-corrected chi connectivity index (χ2v) is 3.19. The van der Waals surface area contributed by atoms with Crippen molar-refractivity contribution in [1.29, 1.82) is 0 Å². The molecule has 0 saturated heterocycles. The average molecular weight is 207 g/mol. The van der Waals surface area contributed by atoms with Crippen molar-refractivity contribution in [2.45, 2.75) is 19.0 Å². The summed E-state index contributed by atoms with van der Waals surface area (Å²) in [5.41, 5.74) is 7.00. The van der Waals surface area contributed by atoms with Crippen LogP contribution in [0.5, 0.6) is 0 Å². The largest absolute Gasteiger partial charge is 0.480 e. The van der Waals surface area contributed by atoms with E-state index in [1.807, 2.05) is 0 Å². The Balaban J connectivity index is 2.64. The van der Waals surface area contributed by atoms with Gasteiger partial charge in [-0.25, -0.2) is 0 Å². The van der Waals surface area contributed by atoms with Gasteiger partial charge >= 0.3 is 5.97 Å². The number of aliphatic carboxylic acids is 1. The van der Waals surface area contributed by atoms with E-state index in [0.717, 1.165) is 11.3 Å². The molecule has 80 valence electrons. The van der Waals surface area contributed by atoms with Gasteiger partial charge in [0, 0.05) is 6.20 Å². The van der Waals surface area contributed by atoms with Gasteiger partial charge in [-0.3, -0.25) is 14.8 Å². The fraction of sp³-hybridized carbons (Fsp3) is 0.300. The van der Waals surface area contributed by atoms with Crippen LogP contribution in [-0.4, -0.2) is 28.8 Å². The van der Waals surface area contributed by atoms with Gasteiger partial charge in [0.25, 0.3) is 0 Å². The summed E-state index contributed by atoms with van der Waals surface area (Å²) in [7, 11) is 0. The first kappa shape index (κ1) is 11.3. The van der Waals surface area contributed by atoms with Gasteiger partial charge in [-0.15, -0.1) is 0 Å². The summed E-state index contributed by atoms with van der Waals surface area (Å²) in [6.07, 6.45) is 1.90. The zero-order valence-electron chi connectivity index (χ0n) is 8.26. The highest BCUT2D eigenvalue weighted by Gasteiger charge is 2.11. The molecule has 0 amide bonds. The van der Waals surface area contributed by atoms with Gasteiger partial charge in [-0.1, -0.05) is 6.07 Å². The summed E-state index contributed by atoms with van der Waals surface area (Å²) in [5.74, 6) is -1.01. The van der Waals surface area contributed by atoms with Gasteiger partial charge in [0.15, 0.2) is 0 Å². The smallest absolute Gasteiger partial charge is 0.320 e. The Hall–Kier alpha value is -1.75. The van der Waals surface area contributed by atoms with Crippen molar-refractivity contribution in [3.8, 4) is 0 Å². The van der Waals surface area contributed by atoms with E-state index in [4.69, 9.17) is 10.8 Å². The molecule has 15 heavy (non-hydrogen) atoms. The molecule has 0 spiro atoms. The fourth-order valence-electron chi connectivity index (χ4n) is 1.13. The Morgan fingerprint density at radius 3 is 2.87 bits per heavy atom. The molecule has 1 aromatic rings. The topological polar surface area (TPSA) is 88.6 Å². The molecule has 1 rings (SSSR count). The Bertz CT molecular complexity index is 348. The van der Waals surface area contributed by atoms with Crippen LogP contribution in [0.1, 0.15) is 11.3 Å². The van der Waals surface area contributed by atoms with Crippen LogP contribution >= 0.6 is 0 Å². The molecule has 0 aliphatic rings. The third-order valence-electron chi connectivity index (χ3n) is 1.93. The van der Waals surface area contributed by atoms with Gasteiger partial charge in [0.2, 0.25) is 0 Å². The number of carboxylic acids is 1. The lowest BCUT2D eigenvalue weighted by Crippen LogP contribution is -2.32. The number of nitrogens with zero attached hydrogens (tertiary/aromatic N) is 2. The summed E-state index contributed by atoms with van der Waals surface area (Å²) in [4.78, 5) is 18.3. The second kappa shape index (κ2) is 5.21. The zero-order chi connectivity index (χ0) is 11.3. The van der Waals surface area contributed by atoms with Gasteiger partial charge in [0.05, 0.1) is 12.2 Å². The lowest BCUT2D eigenvalue weighted by Gasteiger charge is -2.06. The Morgan fingerprint density at radius 1 is 1.67 bits per heavy atom. The maximum Gasteiger partial charge on any atom is 0.320 e. The monoisotopic (exact) mass is 207 g/mol. The first-order valence-electron chi connectivity index (χ1n) is 4.48. The molecule has 5 nitrogen and oxygen atoms in total. The quantitative estimate of drug-likeness (QED) is 0.677. The third kappa shape index (κ3) is 3.47. The van der Waals surface area contributed by atoms with Crippen LogP contribution in [0.3, 0.4) is 0 Å². The standard InChI is InChI=1S/C10H13N3O2/c1-12-6-8-3-2-7(5-13-8)4-9(11)10(14)15/h2-3,5,9H,1,4,6,11H2,(H,14,15)/t9-/m0/s1. The number of rotatable bonds is 5. The molecule has 0 bridgehead atoms.